The molecule has 6 heteroatoms. The van der Waals surface area contributed by atoms with E-state index in [9.17, 15) is 0 Å². The molecule has 5 nitrogen and oxygen atoms in total. The minimum atomic E-state index is 0.472. The molecule has 1 aliphatic rings. The lowest BCUT2D eigenvalue weighted by atomic mass is 10.5. The largest absolute Gasteiger partial charge is 0.383 e. The summed E-state index contributed by atoms with van der Waals surface area (Å²) in [4.78, 5) is 10.6. The molecule has 16 heavy (non-hydrogen) atoms. The summed E-state index contributed by atoms with van der Waals surface area (Å²) in [5.74, 6) is 1.05. The van der Waals surface area contributed by atoms with E-state index in [4.69, 9.17) is 5.73 Å². The minimum absolute atomic E-state index is 0.472. The second kappa shape index (κ2) is 4.97. The van der Waals surface area contributed by atoms with Crippen LogP contribution in [0.5, 0.6) is 0 Å². The van der Waals surface area contributed by atoms with Gasteiger partial charge in [-0.05, 0) is 35.8 Å². The van der Waals surface area contributed by atoms with Crippen molar-refractivity contribution in [3.63, 3.8) is 0 Å². The zero-order valence-corrected chi connectivity index (χ0v) is 10.9. The van der Waals surface area contributed by atoms with Gasteiger partial charge < -0.3 is 16.0 Å². The fraction of sp³-hybridized carbons (Fsp3) is 0.600. The molecule has 0 radical (unpaired) electrons. The van der Waals surface area contributed by atoms with Gasteiger partial charge in [-0.2, -0.15) is 4.98 Å². The molecular formula is C10H16BrN5. The molecule has 0 aromatic carbocycles. The van der Waals surface area contributed by atoms with Gasteiger partial charge in [0.15, 0.2) is 0 Å². The maximum absolute atomic E-state index is 5.62. The van der Waals surface area contributed by atoms with Crippen molar-refractivity contribution in [3.05, 3.63) is 10.7 Å². The van der Waals surface area contributed by atoms with Gasteiger partial charge in [-0.15, -0.1) is 0 Å². The minimum Gasteiger partial charge on any atom is -0.383 e. The summed E-state index contributed by atoms with van der Waals surface area (Å²) >= 11 is 3.29. The van der Waals surface area contributed by atoms with Gasteiger partial charge in [0, 0.05) is 25.2 Å². The van der Waals surface area contributed by atoms with E-state index < -0.39 is 0 Å². The monoisotopic (exact) mass is 285 g/mol. The van der Waals surface area contributed by atoms with Crippen molar-refractivity contribution in [3.8, 4) is 0 Å². The topological polar surface area (TPSA) is 67.1 Å². The number of anilines is 2. The summed E-state index contributed by atoms with van der Waals surface area (Å²) in [6.07, 6.45) is 2.66. The van der Waals surface area contributed by atoms with Crippen LogP contribution in [0.3, 0.4) is 0 Å². The quantitative estimate of drug-likeness (QED) is 0.799. The molecule has 2 rings (SSSR count). The molecule has 1 fully saturated rings. The standard InChI is InChI=1S/C10H16BrN5/c1-16(7-2-3-7)5-4-13-10-14-8(11)6-9(12)15-10/h6-7H,2-5H2,1H3,(H3,12,13,14,15). The first-order valence-electron chi connectivity index (χ1n) is 5.39. The molecule has 0 bridgehead atoms. The molecule has 1 aromatic rings. The third kappa shape index (κ3) is 3.31. The molecular weight excluding hydrogens is 270 g/mol. The van der Waals surface area contributed by atoms with Crippen LogP contribution in [-0.2, 0) is 0 Å². The molecule has 3 N–H and O–H groups in total. The summed E-state index contributed by atoms with van der Waals surface area (Å²) in [6.45, 7) is 1.84. The van der Waals surface area contributed by atoms with Crippen LogP contribution in [0.4, 0.5) is 11.8 Å². The molecule has 0 spiro atoms. The van der Waals surface area contributed by atoms with E-state index in [-0.39, 0.29) is 0 Å². The average molecular weight is 286 g/mol. The van der Waals surface area contributed by atoms with Crippen molar-refractivity contribution in [2.75, 3.05) is 31.2 Å². The highest BCUT2D eigenvalue weighted by Gasteiger charge is 2.25. The van der Waals surface area contributed by atoms with Gasteiger partial charge >= 0.3 is 0 Å². The number of nitrogen functional groups attached to an aromatic ring is 1. The van der Waals surface area contributed by atoms with Gasteiger partial charge in [0.1, 0.15) is 10.4 Å². The lowest BCUT2D eigenvalue weighted by molar-refractivity contribution is 0.337. The summed E-state index contributed by atoms with van der Waals surface area (Å²) in [6, 6.07) is 2.47. The second-order valence-corrected chi connectivity index (χ2v) is 4.89. The zero-order chi connectivity index (χ0) is 11.5. The number of hydrogen-bond acceptors (Lipinski definition) is 5. The molecule has 1 saturated carbocycles. The van der Waals surface area contributed by atoms with Gasteiger partial charge in [-0.3, -0.25) is 0 Å². The highest BCUT2D eigenvalue weighted by molar-refractivity contribution is 9.10. The summed E-state index contributed by atoms with van der Waals surface area (Å²) in [7, 11) is 2.15. The number of halogens is 1. The van der Waals surface area contributed by atoms with E-state index >= 15 is 0 Å². The van der Waals surface area contributed by atoms with E-state index in [1.165, 1.54) is 12.8 Å². The van der Waals surface area contributed by atoms with Gasteiger partial charge in [-0.1, -0.05) is 0 Å². The van der Waals surface area contributed by atoms with E-state index in [2.05, 4.69) is 43.2 Å². The van der Waals surface area contributed by atoms with Crippen molar-refractivity contribution in [1.29, 1.82) is 0 Å². The summed E-state index contributed by atoms with van der Waals surface area (Å²) < 4.78 is 0.707. The van der Waals surface area contributed by atoms with Crippen LogP contribution in [0, 0.1) is 0 Å². The van der Waals surface area contributed by atoms with Crippen molar-refractivity contribution in [1.82, 2.24) is 14.9 Å². The number of aromatic nitrogens is 2. The van der Waals surface area contributed by atoms with Crippen molar-refractivity contribution in [2.24, 2.45) is 0 Å². The molecule has 0 atom stereocenters. The van der Waals surface area contributed by atoms with E-state index in [0.29, 0.717) is 16.4 Å². The number of nitrogens with two attached hydrogens (primary N) is 1. The Balaban J connectivity index is 1.79. The van der Waals surface area contributed by atoms with Gasteiger partial charge in [0.25, 0.3) is 0 Å². The molecule has 0 unspecified atom stereocenters. The number of nitrogens with zero attached hydrogens (tertiary/aromatic N) is 3. The Kier molecular flexibility index (Phi) is 3.60. The van der Waals surface area contributed by atoms with Crippen LogP contribution in [0.15, 0.2) is 10.7 Å². The molecule has 0 aliphatic heterocycles. The number of rotatable bonds is 5. The molecule has 0 amide bonds. The van der Waals surface area contributed by atoms with Crippen molar-refractivity contribution in [2.45, 2.75) is 18.9 Å². The fourth-order valence-electron chi connectivity index (χ4n) is 1.56. The van der Waals surface area contributed by atoms with E-state index in [0.717, 1.165) is 19.1 Å². The average Bonchev–Trinajstić information content (AvgIpc) is 2.98. The highest BCUT2D eigenvalue weighted by atomic mass is 79.9. The molecule has 1 aliphatic carbocycles. The highest BCUT2D eigenvalue weighted by Crippen LogP contribution is 2.24. The van der Waals surface area contributed by atoms with E-state index in [1.807, 2.05) is 0 Å². The van der Waals surface area contributed by atoms with Gasteiger partial charge in [0.05, 0.1) is 0 Å². The number of nitrogens with one attached hydrogen (secondary N) is 1. The van der Waals surface area contributed by atoms with Crippen LogP contribution in [-0.4, -0.2) is 41.0 Å². The van der Waals surface area contributed by atoms with Crippen molar-refractivity contribution < 1.29 is 0 Å². The van der Waals surface area contributed by atoms with Crippen LogP contribution in [0.1, 0.15) is 12.8 Å². The second-order valence-electron chi connectivity index (χ2n) is 4.08. The van der Waals surface area contributed by atoms with Crippen LogP contribution in [0.2, 0.25) is 0 Å². The lowest BCUT2D eigenvalue weighted by Crippen LogP contribution is -2.27. The third-order valence-electron chi connectivity index (χ3n) is 2.63. The SMILES string of the molecule is CN(CCNc1nc(N)cc(Br)n1)C1CC1. The Morgan fingerprint density at radius 1 is 1.56 bits per heavy atom. The van der Waals surface area contributed by atoms with Crippen LogP contribution < -0.4 is 11.1 Å². The zero-order valence-electron chi connectivity index (χ0n) is 9.28. The Hall–Kier alpha value is -0.880. The Morgan fingerprint density at radius 3 is 2.94 bits per heavy atom. The third-order valence-corrected chi connectivity index (χ3v) is 3.04. The number of hydrogen-bond donors (Lipinski definition) is 2. The first-order chi connectivity index (χ1) is 7.65. The molecule has 88 valence electrons. The number of likely N-dealkylation sites (N-methyl/N-ethyl adjacent to an activating group) is 1. The first kappa shape index (κ1) is 11.6. The van der Waals surface area contributed by atoms with E-state index in [1.54, 1.807) is 6.07 Å². The van der Waals surface area contributed by atoms with Gasteiger partial charge in [-0.25, -0.2) is 4.98 Å². The Labute approximate surface area is 104 Å². The Bertz CT molecular complexity index is 346. The van der Waals surface area contributed by atoms with Crippen LogP contribution >= 0.6 is 15.9 Å². The fourth-order valence-corrected chi connectivity index (χ4v) is 1.96. The summed E-state index contributed by atoms with van der Waals surface area (Å²) in [5.41, 5.74) is 5.62. The normalized spacial score (nSPS) is 15.4. The molecule has 1 heterocycles. The molecule has 0 saturated heterocycles. The predicted octanol–water partition coefficient (Wildman–Crippen LogP) is 1.33. The lowest BCUT2D eigenvalue weighted by Gasteiger charge is -2.15. The first-order valence-corrected chi connectivity index (χ1v) is 6.18. The Morgan fingerprint density at radius 2 is 2.31 bits per heavy atom. The summed E-state index contributed by atoms with van der Waals surface area (Å²) in [5, 5.41) is 3.17. The maximum Gasteiger partial charge on any atom is 0.225 e. The van der Waals surface area contributed by atoms with Gasteiger partial charge in [0.2, 0.25) is 5.95 Å². The predicted molar refractivity (Wildman–Crippen MR) is 68.3 cm³/mol. The van der Waals surface area contributed by atoms with Crippen molar-refractivity contribution >= 4 is 27.7 Å². The van der Waals surface area contributed by atoms with Crippen LogP contribution in [0.25, 0.3) is 0 Å². The molecule has 1 aromatic heterocycles. The maximum atomic E-state index is 5.62. The smallest absolute Gasteiger partial charge is 0.225 e.